The molecule has 1 saturated heterocycles. The summed E-state index contributed by atoms with van der Waals surface area (Å²) in [6.07, 6.45) is 4.59. The zero-order chi connectivity index (χ0) is 11.4. The molecule has 0 aliphatic carbocycles. The predicted octanol–water partition coefficient (Wildman–Crippen LogP) is 3.15. The third-order valence-corrected chi connectivity index (χ3v) is 3.62. The predicted molar refractivity (Wildman–Crippen MR) is 73.2 cm³/mol. The molecule has 0 unspecified atom stereocenters. The molecule has 0 atom stereocenters. The van der Waals surface area contributed by atoms with Crippen molar-refractivity contribution >= 4 is 17.6 Å². The number of rotatable bonds is 3. The summed E-state index contributed by atoms with van der Waals surface area (Å²) >= 11 is 1.68. The molecule has 2 N–H and O–H groups in total. The number of anilines is 1. The van der Waals surface area contributed by atoms with Crippen LogP contribution in [-0.2, 0) is 0 Å². The molecule has 2 nitrogen and oxygen atoms in total. The van der Waals surface area contributed by atoms with Crippen molar-refractivity contribution in [2.75, 3.05) is 24.1 Å². The topological polar surface area (TPSA) is 24.1 Å². The van der Waals surface area contributed by atoms with E-state index in [-0.39, 0.29) is 0 Å². The van der Waals surface area contributed by atoms with Crippen LogP contribution >= 0.6 is 11.9 Å². The molecule has 0 bridgehead atoms. The quantitative estimate of drug-likeness (QED) is 0.788. The molecule has 0 radical (unpaired) electrons. The Balaban J connectivity index is 2.23. The van der Waals surface area contributed by atoms with Gasteiger partial charge in [-0.15, -0.1) is 0 Å². The van der Waals surface area contributed by atoms with Crippen LogP contribution in [0.15, 0.2) is 18.2 Å². The van der Waals surface area contributed by atoms with Crippen molar-refractivity contribution in [3.05, 3.63) is 29.3 Å². The molecule has 1 aliphatic heterocycles. The summed E-state index contributed by atoms with van der Waals surface area (Å²) in [7, 11) is 0. The van der Waals surface area contributed by atoms with E-state index in [9.17, 15) is 0 Å². The van der Waals surface area contributed by atoms with Crippen LogP contribution in [-0.4, -0.2) is 19.3 Å². The Morgan fingerprint density at radius 3 is 2.75 bits per heavy atom. The van der Waals surface area contributed by atoms with E-state index < -0.39 is 0 Å². The molecule has 0 aromatic heterocycles. The molecule has 1 aliphatic rings. The van der Waals surface area contributed by atoms with Crippen molar-refractivity contribution in [2.24, 2.45) is 0 Å². The standard InChI is InChI=1S/C13H20N2S/c1-10-3-4-12(13(9-10)15-16-2)11-5-7-14-8-6-11/h3-4,9,11,14-15H,5-8H2,1-2H3. The molecule has 1 heterocycles. The van der Waals surface area contributed by atoms with E-state index >= 15 is 0 Å². The van der Waals surface area contributed by atoms with Crippen LogP contribution in [0.5, 0.6) is 0 Å². The highest BCUT2D eigenvalue weighted by molar-refractivity contribution is 7.99. The van der Waals surface area contributed by atoms with Gasteiger partial charge in [-0.05, 0) is 56.0 Å². The molecular weight excluding hydrogens is 216 g/mol. The summed E-state index contributed by atoms with van der Waals surface area (Å²) in [6, 6.07) is 6.78. The third kappa shape index (κ3) is 2.71. The minimum Gasteiger partial charge on any atom is -0.330 e. The van der Waals surface area contributed by atoms with E-state index in [0.717, 1.165) is 19.0 Å². The van der Waals surface area contributed by atoms with Gasteiger partial charge >= 0.3 is 0 Å². The molecule has 1 aromatic carbocycles. The van der Waals surface area contributed by atoms with Gasteiger partial charge in [-0.1, -0.05) is 24.1 Å². The van der Waals surface area contributed by atoms with Crippen LogP contribution in [0.3, 0.4) is 0 Å². The van der Waals surface area contributed by atoms with E-state index in [1.165, 1.54) is 29.7 Å². The highest BCUT2D eigenvalue weighted by atomic mass is 32.2. The van der Waals surface area contributed by atoms with Crippen molar-refractivity contribution in [1.29, 1.82) is 0 Å². The molecule has 0 spiro atoms. The van der Waals surface area contributed by atoms with Crippen molar-refractivity contribution in [3.63, 3.8) is 0 Å². The monoisotopic (exact) mass is 236 g/mol. The van der Waals surface area contributed by atoms with Gasteiger partial charge in [-0.2, -0.15) is 0 Å². The number of piperidine rings is 1. The van der Waals surface area contributed by atoms with Gasteiger partial charge in [0.05, 0.1) is 0 Å². The van der Waals surface area contributed by atoms with Crippen molar-refractivity contribution in [3.8, 4) is 0 Å². The Bertz CT molecular complexity index is 346. The summed E-state index contributed by atoms with van der Waals surface area (Å²) in [5, 5.41) is 3.42. The van der Waals surface area contributed by atoms with Crippen LogP contribution in [0, 0.1) is 6.92 Å². The molecule has 2 rings (SSSR count). The van der Waals surface area contributed by atoms with Gasteiger partial charge in [-0.3, -0.25) is 0 Å². The molecular formula is C13H20N2S. The first-order valence-corrected chi connectivity index (χ1v) is 7.14. The van der Waals surface area contributed by atoms with Gasteiger partial charge in [-0.25, -0.2) is 0 Å². The number of aryl methyl sites for hydroxylation is 1. The largest absolute Gasteiger partial charge is 0.330 e. The van der Waals surface area contributed by atoms with Gasteiger partial charge < -0.3 is 10.0 Å². The average Bonchev–Trinajstić information content (AvgIpc) is 2.31. The second kappa shape index (κ2) is 5.60. The van der Waals surface area contributed by atoms with Gasteiger partial charge in [0.2, 0.25) is 0 Å². The zero-order valence-electron chi connectivity index (χ0n) is 10.0. The summed E-state index contributed by atoms with van der Waals surface area (Å²) < 4.78 is 3.41. The molecule has 1 fully saturated rings. The van der Waals surface area contributed by atoms with Crippen LogP contribution in [0.25, 0.3) is 0 Å². The van der Waals surface area contributed by atoms with Crippen LogP contribution < -0.4 is 10.0 Å². The van der Waals surface area contributed by atoms with E-state index in [2.05, 4.69) is 41.4 Å². The lowest BCUT2D eigenvalue weighted by Crippen LogP contribution is -2.26. The Hall–Kier alpha value is -0.670. The molecule has 0 saturated carbocycles. The minimum atomic E-state index is 0.719. The summed E-state index contributed by atoms with van der Waals surface area (Å²) in [5.41, 5.74) is 4.12. The summed E-state index contributed by atoms with van der Waals surface area (Å²) in [5.74, 6) is 0.719. The van der Waals surface area contributed by atoms with Gasteiger partial charge in [0, 0.05) is 11.9 Å². The van der Waals surface area contributed by atoms with E-state index in [0.29, 0.717) is 0 Å². The second-order valence-corrected chi connectivity index (χ2v) is 5.03. The Labute approximate surface area is 102 Å². The first kappa shape index (κ1) is 11.8. The molecule has 3 heteroatoms. The number of hydrogen-bond acceptors (Lipinski definition) is 3. The lowest BCUT2D eigenvalue weighted by molar-refractivity contribution is 0.461. The minimum absolute atomic E-state index is 0.719. The van der Waals surface area contributed by atoms with Crippen molar-refractivity contribution in [1.82, 2.24) is 5.32 Å². The van der Waals surface area contributed by atoms with Crippen molar-refractivity contribution < 1.29 is 0 Å². The third-order valence-electron chi connectivity index (χ3n) is 3.20. The van der Waals surface area contributed by atoms with E-state index in [1.54, 1.807) is 11.9 Å². The van der Waals surface area contributed by atoms with E-state index in [1.807, 2.05) is 0 Å². The maximum atomic E-state index is 3.42. The fourth-order valence-electron chi connectivity index (χ4n) is 2.36. The van der Waals surface area contributed by atoms with Crippen LogP contribution in [0.1, 0.15) is 29.9 Å². The fourth-order valence-corrected chi connectivity index (χ4v) is 2.75. The fraction of sp³-hybridized carbons (Fsp3) is 0.538. The van der Waals surface area contributed by atoms with Gasteiger partial charge in [0.15, 0.2) is 0 Å². The van der Waals surface area contributed by atoms with Crippen LogP contribution in [0.2, 0.25) is 0 Å². The highest BCUT2D eigenvalue weighted by Gasteiger charge is 2.17. The Morgan fingerprint density at radius 1 is 1.31 bits per heavy atom. The molecule has 88 valence electrons. The first-order valence-electron chi connectivity index (χ1n) is 5.91. The lowest BCUT2D eigenvalue weighted by atomic mass is 9.88. The SMILES string of the molecule is CSNc1cc(C)ccc1C1CCNCC1. The highest BCUT2D eigenvalue weighted by Crippen LogP contribution is 2.32. The number of hydrogen-bond donors (Lipinski definition) is 2. The maximum Gasteiger partial charge on any atom is 0.0477 e. The second-order valence-electron chi connectivity index (χ2n) is 4.42. The van der Waals surface area contributed by atoms with Crippen molar-refractivity contribution in [2.45, 2.75) is 25.7 Å². The smallest absolute Gasteiger partial charge is 0.0477 e. The molecule has 1 aromatic rings. The Morgan fingerprint density at radius 2 is 2.06 bits per heavy atom. The van der Waals surface area contributed by atoms with Gasteiger partial charge in [0.1, 0.15) is 0 Å². The van der Waals surface area contributed by atoms with E-state index in [4.69, 9.17) is 0 Å². The maximum absolute atomic E-state index is 3.42. The Kier molecular flexibility index (Phi) is 4.13. The van der Waals surface area contributed by atoms with Gasteiger partial charge in [0.25, 0.3) is 0 Å². The average molecular weight is 236 g/mol. The normalized spacial score (nSPS) is 17.4. The van der Waals surface area contributed by atoms with Crippen LogP contribution in [0.4, 0.5) is 5.69 Å². The molecule has 0 amide bonds. The summed E-state index contributed by atoms with van der Waals surface area (Å²) in [6.45, 7) is 4.45. The molecule has 16 heavy (non-hydrogen) atoms. The number of benzene rings is 1. The zero-order valence-corrected chi connectivity index (χ0v) is 10.9. The first-order chi connectivity index (χ1) is 7.81. The lowest BCUT2D eigenvalue weighted by Gasteiger charge is -2.25. The number of nitrogens with one attached hydrogen (secondary N) is 2. The summed E-state index contributed by atoms with van der Waals surface area (Å²) in [4.78, 5) is 0.